The second-order valence-electron chi connectivity index (χ2n) is 3.67. The number of halogens is 2. The highest BCUT2D eigenvalue weighted by atomic mass is 35.5. The predicted octanol–water partition coefficient (Wildman–Crippen LogP) is 2.80. The zero-order chi connectivity index (χ0) is 11.2. The summed E-state index contributed by atoms with van der Waals surface area (Å²) in [6.45, 7) is 1.58. The van der Waals surface area contributed by atoms with Crippen LogP contribution >= 0.6 is 24.8 Å². The lowest BCUT2D eigenvalue weighted by Gasteiger charge is -2.04. The Kier molecular flexibility index (Phi) is 8.12. The molecule has 2 aromatic rings. The van der Waals surface area contributed by atoms with E-state index in [1.54, 1.807) is 12.3 Å². The van der Waals surface area contributed by atoms with Crippen molar-refractivity contribution in [3.05, 3.63) is 59.9 Å². The molecule has 0 unspecified atom stereocenters. The molecular weight excluding hydrogens is 269 g/mol. The van der Waals surface area contributed by atoms with E-state index in [0.29, 0.717) is 0 Å². The second-order valence-corrected chi connectivity index (χ2v) is 3.67. The van der Waals surface area contributed by atoms with Crippen LogP contribution in [0.25, 0.3) is 0 Å². The number of rotatable bonds is 4. The van der Waals surface area contributed by atoms with Gasteiger partial charge in [-0.3, -0.25) is 4.98 Å². The minimum atomic E-state index is 0. The molecule has 0 saturated carbocycles. The van der Waals surface area contributed by atoms with Gasteiger partial charge >= 0.3 is 0 Å². The molecule has 1 aromatic heterocycles. The Morgan fingerprint density at radius 2 is 1.72 bits per heavy atom. The summed E-state index contributed by atoms with van der Waals surface area (Å²) in [5.74, 6) is 0. The van der Waals surface area contributed by atoms with Gasteiger partial charge < -0.3 is 11.1 Å². The maximum Gasteiger partial charge on any atom is 0.0562 e. The molecule has 0 fully saturated rings. The van der Waals surface area contributed by atoms with E-state index in [-0.39, 0.29) is 24.8 Å². The lowest BCUT2D eigenvalue weighted by molar-refractivity contribution is 0.680. The topological polar surface area (TPSA) is 50.9 Å². The fraction of sp³-hybridized carbons (Fsp3) is 0.154. The van der Waals surface area contributed by atoms with Crippen LogP contribution in [0, 0.1) is 0 Å². The number of nitrogens with one attached hydrogen (secondary N) is 1. The molecule has 3 N–H and O–H groups in total. The van der Waals surface area contributed by atoms with Gasteiger partial charge in [-0.2, -0.15) is 0 Å². The van der Waals surface area contributed by atoms with E-state index in [4.69, 9.17) is 5.73 Å². The van der Waals surface area contributed by atoms with Crippen LogP contribution in [0.4, 0.5) is 5.69 Å². The molecule has 0 aliphatic heterocycles. The number of benzene rings is 1. The van der Waals surface area contributed by atoms with E-state index in [1.807, 2.05) is 24.3 Å². The standard InChI is InChI=1S/C13H15N3.2ClH/c14-12-6-7-16-13(8-12)10-15-9-11-4-2-1-3-5-11;;/h1-8,15H,9-10H2,(H2,14,16);2*1H. The first-order valence-electron chi connectivity index (χ1n) is 5.29. The second kappa shape index (κ2) is 8.75. The molecule has 0 bridgehead atoms. The molecule has 0 amide bonds. The van der Waals surface area contributed by atoms with Gasteiger partial charge in [0.15, 0.2) is 0 Å². The zero-order valence-electron chi connectivity index (χ0n) is 9.87. The highest BCUT2D eigenvalue weighted by Crippen LogP contribution is 2.03. The number of aromatic nitrogens is 1. The molecule has 0 radical (unpaired) electrons. The van der Waals surface area contributed by atoms with Crippen LogP contribution in [0.2, 0.25) is 0 Å². The van der Waals surface area contributed by atoms with Crippen molar-refractivity contribution in [2.45, 2.75) is 13.1 Å². The van der Waals surface area contributed by atoms with Crippen LogP contribution in [-0.2, 0) is 13.1 Å². The van der Waals surface area contributed by atoms with Gasteiger partial charge in [0, 0.05) is 25.0 Å². The molecule has 0 spiro atoms. The van der Waals surface area contributed by atoms with E-state index >= 15 is 0 Å². The number of pyridine rings is 1. The summed E-state index contributed by atoms with van der Waals surface area (Å²) in [5.41, 5.74) is 8.67. The molecule has 0 aliphatic rings. The third-order valence-corrected chi connectivity index (χ3v) is 2.32. The van der Waals surface area contributed by atoms with Gasteiger partial charge in [-0.1, -0.05) is 30.3 Å². The Morgan fingerprint density at radius 3 is 2.39 bits per heavy atom. The van der Waals surface area contributed by atoms with Crippen LogP contribution in [-0.4, -0.2) is 4.98 Å². The maximum atomic E-state index is 5.67. The molecule has 1 aromatic carbocycles. The van der Waals surface area contributed by atoms with Gasteiger partial charge in [-0.15, -0.1) is 24.8 Å². The smallest absolute Gasteiger partial charge is 0.0562 e. The lowest BCUT2D eigenvalue weighted by Crippen LogP contribution is -2.13. The Balaban J connectivity index is 0.00000144. The average molecular weight is 286 g/mol. The fourth-order valence-corrected chi connectivity index (χ4v) is 1.52. The van der Waals surface area contributed by atoms with E-state index < -0.39 is 0 Å². The fourth-order valence-electron chi connectivity index (χ4n) is 1.52. The average Bonchev–Trinajstić information content (AvgIpc) is 2.30. The number of nitrogen functional groups attached to an aromatic ring is 1. The summed E-state index contributed by atoms with van der Waals surface area (Å²) in [6.07, 6.45) is 1.73. The quantitative estimate of drug-likeness (QED) is 0.908. The molecular formula is C13H17Cl2N3. The number of nitrogens with zero attached hydrogens (tertiary/aromatic N) is 1. The molecule has 1 heterocycles. The Morgan fingerprint density at radius 1 is 1.00 bits per heavy atom. The summed E-state index contributed by atoms with van der Waals surface area (Å²) in [7, 11) is 0. The van der Waals surface area contributed by atoms with Crippen LogP contribution in [0.15, 0.2) is 48.7 Å². The molecule has 98 valence electrons. The third-order valence-electron chi connectivity index (χ3n) is 2.32. The summed E-state index contributed by atoms with van der Waals surface area (Å²) in [6, 6.07) is 14.0. The predicted molar refractivity (Wildman–Crippen MR) is 80.1 cm³/mol. The van der Waals surface area contributed by atoms with Crippen molar-refractivity contribution in [2.24, 2.45) is 0 Å². The summed E-state index contributed by atoms with van der Waals surface area (Å²) in [5, 5.41) is 3.33. The Bertz CT molecular complexity index is 449. The number of anilines is 1. The zero-order valence-corrected chi connectivity index (χ0v) is 11.5. The minimum absolute atomic E-state index is 0. The van der Waals surface area contributed by atoms with Crippen molar-refractivity contribution in [3.8, 4) is 0 Å². The van der Waals surface area contributed by atoms with Crippen molar-refractivity contribution in [2.75, 3.05) is 5.73 Å². The lowest BCUT2D eigenvalue weighted by atomic mass is 10.2. The van der Waals surface area contributed by atoms with E-state index in [2.05, 4.69) is 22.4 Å². The van der Waals surface area contributed by atoms with Gasteiger partial charge in [0.05, 0.1) is 5.69 Å². The maximum absolute atomic E-state index is 5.67. The monoisotopic (exact) mass is 285 g/mol. The van der Waals surface area contributed by atoms with Crippen molar-refractivity contribution in [1.29, 1.82) is 0 Å². The van der Waals surface area contributed by atoms with Gasteiger partial charge in [0.2, 0.25) is 0 Å². The van der Waals surface area contributed by atoms with Crippen molar-refractivity contribution in [1.82, 2.24) is 10.3 Å². The first kappa shape index (κ1) is 16.7. The SMILES string of the molecule is Cl.Cl.Nc1ccnc(CNCc2ccccc2)c1. The highest BCUT2D eigenvalue weighted by Gasteiger charge is 1.95. The van der Waals surface area contributed by atoms with Gasteiger partial charge in [0.25, 0.3) is 0 Å². The van der Waals surface area contributed by atoms with Crippen molar-refractivity contribution in [3.63, 3.8) is 0 Å². The van der Waals surface area contributed by atoms with Crippen LogP contribution in [0.5, 0.6) is 0 Å². The molecule has 3 nitrogen and oxygen atoms in total. The molecule has 0 aliphatic carbocycles. The Labute approximate surface area is 120 Å². The highest BCUT2D eigenvalue weighted by molar-refractivity contribution is 5.85. The largest absolute Gasteiger partial charge is 0.399 e. The minimum Gasteiger partial charge on any atom is -0.399 e. The van der Waals surface area contributed by atoms with Crippen molar-refractivity contribution >= 4 is 30.5 Å². The van der Waals surface area contributed by atoms with Crippen LogP contribution in [0.1, 0.15) is 11.3 Å². The Hall–Kier alpha value is -1.29. The normalized spacial score (nSPS) is 9.11. The molecule has 2 rings (SSSR count). The first-order chi connectivity index (χ1) is 7.84. The number of hydrogen-bond acceptors (Lipinski definition) is 3. The van der Waals surface area contributed by atoms with Crippen LogP contribution in [0.3, 0.4) is 0 Å². The third kappa shape index (κ3) is 5.36. The molecule has 18 heavy (non-hydrogen) atoms. The summed E-state index contributed by atoms with van der Waals surface area (Å²) >= 11 is 0. The van der Waals surface area contributed by atoms with Gasteiger partial charge in [-0.25, -0.2) is 0 Å². The number of nitrogens with two attached hydrogens (primary N) is 1. The van der Waals surface area contributed by atoms with E-state index in [0.717, 1.165) is 24.5 Å². The van der Waals surface area contributed by atoms with Gasteiger partial charge in [0.1, 0.15) is 0 Å². The first-order valence-corrected chi connectivity index (χ1v) is 5.29. The van der Waals surface area contributed by atoms with Crippen molar-refractivity contribution < 1.29 is 0 Å². The molecule has 0 saturated heterocycles. The van der Waals surface area contributed by atoms with E-state index in [1.165, 1.54) is 5.56 Å². The summed E-state index contributed by atoms with van der Waals surface area (Å²) in [4.78, 5) is 4.23. The summed E-state index contributed by atoms with van der Waals surface area (Å²) < 4.78 is 0. The van der Waals surface area contributed by atoms with E-state index in [9.17, 15) is 0 Å². The van der Waals surface area contributed by atoms with Gasteiger partial charge in [-0.05, 0) is 17.7 Å². The van der Waals surface area contributed by atoms with Crippen LogP contribution < -0.4 is 11.1 Å². The number of hydrogen-bond donors (Lipinski definition) is 2. The molecule has 0 atom stereocenters. The molecule has 5 heteroatoms.